The van der Waals surface area contributed by atoms with Crippen molar-refractivity contribution in [2.45, 2.75) is 104 Å². The second-order valence-electron chi connectivity index (χ2n) is 7.00. The van der Waals surface area contributed by atoms with Gasteiger partial charge in [-0.3, -0.25) is 0 Å². The Hall–Kier alpha value is -0.530. The van der Waals surface area contributed by atoms with E-state index in [0.29, 0.717) is 0 Å². The van der Waals surface area contributed by atoms with Crippen LogP contribution in [0.5, 0.6) is 0 Å². The van der Waals surface area contributed by atoms with Crippen LogP contribution in [0.2, 0.25) is 0 Å². The average molecular weight is 356 g/mol. The van der Waals surface area contributed by atoms with Crippen molar-refractivity contribution >= 4 is 0 Å². The largest absolute Gasteiger partial charge is 1.00 e. The number of unbranched alkanes of at least 4 members (excludes halogenated alkanes) is 11. The second kappa shape index (κ2) is 17.3. The molecule has 0 saturated carbocycles. The summed E-state index contributed by atoms with van der Waals surface area (Å²) >= 11 is 0. The molecule has 0 aliphatic carbocycles. The lowest BCUT2D eigenvalue weighted by molar-refractivity contribution is -0.00000537. The van der Waals surface area contributed by atoms with Gasteiger partial charge in [0.15, 0.2) is 0 Å². The third-order valence-corrected chi connectivity index (χ3v) is 5.02. The summed E-state index contributed by atoms with van der Waals surface area (Å²) in [6.45, 7) is 6.78. The minimum absolute atomic E-state index is 0. The third kappa shape index (κ3) is 11.9. The molecule has 1 aromatic rings. The summed E-state index contributed by atoms with van der Waals surface area (Å²) < 4.78 is 0. The molecule has 0 radical (unpaired) electrons. The molecular formula is C22H42ClN. The monoisotopic (exact) mass is 355 g/mol. The highest BCUT2D eigenvalue weighted by atomic mass is 35.5. The number of benzene rings is 1. The van der Waals surface area contributed by atoms with E-state index in [0.717, 1.165) is 0 Å². The molecule has 0 aromatic heterocycles. The zero-order valence-corrected chi connectivity index (χ0v) is 17.6. The smallest absolute Gasteiger partial charge is 0.0276 e. The fourth-order valence-corrected chi connectivity index (χ4v) is 3.24. The van der Waals surface area contributed by atoms with Crippen LogP contribution in [0.1, 0.15) is 101 Å². The van der Waals surface area contributed by atoms with Crippen LogP contribution in [0.15, 0.2) is 18.2 Å². The maximum atomic E-state index is 2.31. The first kappa shape index (κ1) is 25.7. The van der Waals surface area contributed by atoms with Crippen LogP contribution >= 0.6 is 0 Å². The molecule has 1 nitrogen and oxygen atoms in total. The van der Waals surface area contributed by atoms with E-state index in [2.05, 4.69) is 39.0 Å². The van der Waals surface area contributed by atoms with Gasteiger partial charge in [-0.25, -0.2) is 0 Å². The first-order chi connectivity index (χ1) is 10.8. The van der Waals surface area contributed by atoms with E-state index in [-0.39, 0.29) is 18.6 Å². The van der Waals surface area contributed by atoms with Crippen molar-refractivity contribution in [2.24, 2.45) is 0 Å². The van der Waals surface area contributed by atoms with Gasteiger partial charge in [0.1, 0.15) is 0 Å². The second-order valence-corrected chi connectivity index (χ2v) is 7.00. The standard InChI is InChI=1S/C22H38.ClH.H3N/c1-4-5-6-7-8-9-10-11-12-13-14-15-18-22-19-16-17-20(2)21(22)3;;/h16-17,19H,4-15,18H2,1-3H3;1H;1H3. The SMILES string of the molecule is CCCCCCCCCCCCCCc1cccc(C)c1C.[Cl-].[NH4+]. The van der Waals surface area contributed by atoms with Crippen molar-refractivity contribution in [1.29, 1.82) is 0 Å². The summed E-state index contributed by atoms with van der Waals surface area (Å²) in [5, 5.41) is 0. The average Bonchev–Trinajstić information content (AvgIpc) is 2.52. The van der Waals surface area contributed by atoms with Crippen molar-refractivity contribution < 1.29 is 12.4 Å². The van der Waals surface area contributed by atoms with Gasteiger partial charge >= 0.3 is 0 Å². The minimum Gasteiger partial charge on any atom is -1.00 e. The lowest BCUT2D eigenvalue weighted by Gasteiger charge is -2.08. The van der Waals surface area contributed by atoms with Crippen LogP contribution in [-0.4, -0.2) is 0 Å². The van der Waals surface area contributed by atoms with E-state index >= 15 is 0 Å². The number of halogens is 1. The molecule has 0 atom stereocenters. The van der Waals surface area contributed by atoms with Gasteiger partial charge in [0.25, 0.3) is 0 Å². The van der Waals surface area contributed by atoms with Gasteiger partial charge in [-0.1, -0.05) is 95.8 Å². The lowest BCUT2D eigenvalue weighted by Crippen LogP contribution is -3.00. The number of hydrogen-bond donors (Lipinski definition) is 1. The normalized spacial score (nSPS) is 10.1. The van der Waals surface area contributed by atoms with Crippen molar-refractivity contribution in [3.05, 3.63) is 34.9 Å². The Morgan fingerprint density at radius 3 is 1.62 bits per heavy atom. The van der Waals surface area contributed by atoms with Crippen LogP contribution in [0.4, 0.5) is 0 Å². The Bertz CT molecular complexity index is 390. The van der Waals surface area contributed by atoms with Crippen molar-refractivity contribution in [1.82, 2.24) is 6.15 Å². The summed E-state index contributed by atoms with van der Waals surface area (Å²) in [5.74, 6) is 0. The van der Waals surface area contributed by atoms with E-state index in [1.807, 2.05) is 0 Å². The van der Waals surface area contributed by atoms with E-state index in [1.165, 1.54) is 94.6 Å². The van der Waals surface area contributed by atoms with Gasteiger partial charge in [0.2, 0.25) is 0 Å². The zero-order chi connectivity index (χ0) is 16.0. The van der Waals surface area contributed by atoms with Crippen LogP contribution in [0.25, 0.3) is 0 Å². The van der Waals surface area contributed by atoms with Crippen LogP contribution < -0.4 is 18.6 Å². The van der Waals surface area contributed by atoms with Gasteiger partial charge in [-0.2, -0.15) is 0 Å². The highest BCUT2D eigenvalue weighted by molar-refractivity contribution is 5.33. The predicted octanol–water partition coefficient (Wildman–Crippen LogP) is 4.93. The topological polar surface area (TPSA) is 36.5 Å². The summed E-state index contributed by atoms with van der Waals surface area (Å²) in [6.07, 6.45) is 18.5. The fraction of sp³-hybridized carbons (Fsp3) is 0.727. The van der Waals surface area contributed by atoms with Crippen LogP contribution in [-0.2, 0) is 6.42 Å². The van der Waals surface area contributed by atoms with Crippen molar-refractivity contribution in [3.8, 4) is 0 Å². The van der Waals surface area contributed by atoms with Crippen molar-refractivity contribution in [3.63, 3.8) is 0 Å². The molecule has 0 fully saturated rings. The molecular weight excluding hydrogens is 314 g/mol. The van der Waals surface area contributed by atoms with Crippen LogP contribution in [0, 0.1) is 13.8 Å². The summed E-state index contributed by atoms with van der Waals surface area (Å²) in [7, 11) is 0. The maximum Gasteiger partial charge on any atom is -0.0276 e. The first-order valence-electron chi connectivity index (χ1n) is 9.80. The molecule has 1 rings (SSSR count). The molecule has 1 aromatic carbocycles. The third-order valence-electron chi connectivity index (χ3n) is 5.02. The summed E-state index contributed by atoms with van der Waals surface area (Å²) in [4.78, 5) is 0. The first-order valence-corrected chi connectivity index (χ1v) is 9.80. The predicted molar refractivity (Wildman–Crippen MR) is 107 cm³/mol. The molecule has 2 heteroatoms. The molecule has 0 aliphatic heterocycles. The van der Waals surface area contributed by atoms with Crippen molar-refractivity contribution in [2.75, 3.05) is 0 Å². The van der Waals surface area contributed by atoms with Crippen LogP contribution in [0.3, 0.4) is 0 Å². The van der Waals surface area contributed by atoms with Gasteiger partial charge in [0.05, 0.1) is 0 Å². The molecule has 4 N–H and O–H groups in total. The molecule has 0 unspecified atom stereocenters. The number of quaternary nitrogens is 1. The maximum absolute atomic E-state index is 2.31. The molecule has 0 saturated heterocycles. The fourth-order valence-electron chi connectivity index (χ4n) is 3.24. The highest BCUT2D eigenvalue weighted by Gasteiger charge is 2.00. The van der Waals surface area contributed by atoms with E-state index in [1.54, 1.807) is 5.56 Å². The molecule has 0 aliphatic rings. The Morgan fingerprint density at radius 1 is 0.667 bits per heavy atom. The number of hydrogen-bond acceptors (Lipinski definition) is 0. The molecule has 0 bridgehead atoms. The Labute approximate surface area is 158 Å². The van der Waals surface area contributed by atoms with E-state index in [4.69, 9.17) is 0 Å². The van der Waals surface area contributed by atoms with Gasteiger partial charge in [-0.15, -0.1) is 0 Å². The highest BCUT2D eigenvalue weighted by Crippen LogP contribution is 2.17. The van der Waals surface area contributed by atoms with Gasteiger partial charge < -0.3 is 18.6 Å². The molecule has 24 heavy (non-hydrogen) atoms. The zero-order valence-electron chi connectivity index (χ0n) is 16.8. The quantitative estimate of drug-likeness (QED) is 0.487. The molecule has 0 heterocycles. The molecule has 142 valence electrons. The van der Waals surface area contributed by atoms with E-state index in [9.17, 15) is 0 Å². The summed E-state index contributed by atoms with van der Waals surface area (Å²) in [6, 6.07) is 6.74. The Balaban J connectivity index is 0. The van der Waals surface area contributed by atoms with Gasteiger partial charge in [-0.05, 0) is 43.4 Å². The summed E-state index contributed by atoms with van der Waals surface area (Å²) in [5.41, 5.74) is 4.51. The Morgan fingerprint density at radius 2 is 1.12 bits per heavy atom. The van der Waals surface area contributed by atoms with Gasteiger partial charge in [0, 0.05) is 0 Å². The molecule has 0 spiro atoms. The Kier molecular flexibility index (Phi) is 18.5. The minimum atomic E-state index is 0. The lowest BCUT2D eigenvalue weighted by atomic mass is 9.98. The number of rotatable bonds is 13. The number of aryl methyl sites for hydroxylation is 2. The molecule has 0 amide bonds. The van der Waals surface area contributed by atoms with E-state index < -0.39 is 0 Å².